The van der Waals surface area contributed by atoms with Crippen LogP contribution in [-0.4, -0.2) is 55.4 Å². The lowest BCUT2D eigenvalue weighted by Crippen LogP contribution is -2.53. The maximum atomic E-state index is 11.7. The van der Waals surface area contributed by atoms with Gasteiger partial charge in [0.2, 0.25) is 5.91 Å². The first-order valence-corrected chi connectivity index (χ1v) is 5.72. The fourth-order valence-corrected chi connectivity index (χ4v) is 1.27. The Hall–Kier alpha value is -1.67. The number of hydrogen-bond acceptors (Lipinski definition) is 7. The summed E-state index contributed by atoms with van der Waals surface area (Å²) in [4.78, 5) is 33.9. The molecule has 0 spiro atoms. The lowest BCUT2D eigenvalue weighted by atomic mass is 10.1. The summed E-state index contributed by atoms with van der Waals surface area (Å²) in [5.74, 6) is -1.91. The number of aliphatic hydroxyl groups excluding tert-OH is 1. The normalized spacial score (nSPS) is 15.0. The van der Waals surface area contributed by atoms with Crippen LogP contribution in [0.4, 0.5) is 0 Å². The number of nitrogens with one attached hydrogen (secondary N) is 1. The fourth-order valence-electron chi connectivity index (χ4n) is 1.27. The summed E-state index contributed by atoms with van der Waals surface area (Å²) in [6, 6.07) is -2.17. The van der Waals surface area contributed by atoms with E-state index in [2.05, 4.69) is 14.8 Å². The van der Waals surface area contributed by atoms with Gasteiger partial charge < -0.3 is 25.6 Å². The molecule has 0 aliphatic rings. The molecule has 0 rings (SSSR count). The first kappa shape index (κ1) is 17.3. The number of amides is 1. The summed E-state index contributed by atoms with van der Waals surface area (Å²) in [5.41, 5.74) is 5.56. The number of hydrogen-bond donors (Lipinski definition) is 3. The van der Waals surface area contributed by atoms with Crippen molar-refractivity contribution in [2.75, 3.05) is 14.2 Å². The van der Waals surface area contributed by atoms with Gasteiger partial charge in [-0.15, -0.1) is 0 Å². The SMILES string of the molecule is COC(=O)CCC(N)C(=O)NC(C(=O)OC)C(C)O. The molecule has 0 saturated heterocycles. The minimum absolute atomic E-state index is 0.0113. The Labute approximate surface area is 111 Å². The molecule has 0 radical (unpaired) electrons. The average Bonchev–Trinajstić information content (AvgIpc) is 2.39. The minimum atomic E-state index is -1.19. The van der Waals surface area contributed by atoms with E-state index in [1.54, 1.807) is 0 Å². The van der Waals surface area contributed by atoms with Gasteiger partial charge in [-0.2, -0.15) is 0 Å². The van der Waals surface area contributed by atoms with Crippen molar-refractivity contribution in [3.8, 4) is 0 Å². The molecule has 3 atom stereocenters. The van der Waals surface area contributed by atoms with Crippen molar-refractivity contribution in [2.45, 2.75) is 38.0 Å². The number of nitrogens with two attached hydrogens (primary N) is 1. The summed E-state index contributed by atoms with van der Waals surface area (Å²) >= 11 is 0. The zero-order chi connectivity index (χ0) is 15.0. The summed E-state index contributed by atoms with van der Waals surface area (Å²) in [6.07, 6.45) is -1.06. The topological polar surface area (TPSA) is 128 Å². The Kier molecular flexibility index (Phi) is 7.69. The molecule has 0 heterocycles. The molecule has 0 aliphatic heterocycles. The molecular formula is C11H20N2O6. The monoisotopic (exact) mass is 276 g/mol. The summed E-state index contributed by atoms with van der Waals surface area (Å²) < 4.78 is 8.86. The van der Waals surface area contributed by atoms with Crippen molar-refractivity contribution in [2.24, 2.45) is 5.73 Å². The summed E-state index contributed by atoms with van der Waals surface area (Å²) in [7, 11) is 2.37. The molecule has 8 nitrogen and oxygen atoms in total. The van der Waals surface area contributed by atoms with Crippen LogP contribution in [0.3, 0.4) is 0 Å². The van der Waals surface area contributed by atoms with Crippen LogP contribution in [0, 0.1) is 0 Å². The van der Waals surface area contributed by atoms with Crippen molar-refractivity contribution < 1.29 is 29.0 Å². The van der Waals surface area contributed by atoms with Crippen LogP contribution >= 0.6 is 0 Å². The van der Waals surface area contributed by atoms with Gasteiger partial charge in [0.25, 0.3) is 0 Å². The number of methoxy groups -OCH3 is 2. The van der Waals surface area contributed by atoms with E-state index in [0.29, 0.717) is 0 Å². The third-order valence-corrected chi connectivity index (χ3v) is 2.46. The van der Waals surface area contributed by atoms with Crippen LogP contribution in [0.5, 0.6) is 0 Å². The second-order valence-corrected chi connectivity index (χ2v) is 3.97. The van der Waals surface area contributed by atoms with Crippen LogP contribution in [0.2, 0.25) is 0 Å². The Balaban J connectivity index is 4.39. The van der Waals surface area contributed by atoms with Gasteiger partial charge in [0.15, 0.2) is 6.04 Å². The van der Waals surface area contributed by atoms with Gasteiger partial charge in [-0.3, -0.25) is 9.59 Å². The number of ether oxygens (including phenoxy) is 2. The van der Waals surface area contributed by atoms with Gasteiger partial charge in [-0.05, 0) is 13.3 Å². The number of esters is 2. The standard InChI is InChI=1S/C11H20N2O6/c1-6(14)9(11(17)19-3)13-10(16)7(12)4-5-8(15)18-2/h6-7,9,14H,4-5,12H2,1-3H3,(H,13,16). The van der Waals surface area contributed by atoms with E-state index < -0.39 is 36.0 Å². The van der Waals surface area contributed by atoms with E-state index in [9.17, 15) is 19.5 Å². The highest BCUT2D eigenvalue weighted by Gasteiger charge is 2.28. The second-order valence-electron chi connectivity index (χ2n) is 3.97. The summed E-state index contributed by atoms with van der Waals surface area (Å²) in [5, 5.41) is 11.6. The van der Waals surface area contributed by atoms with Crippen LogP contribution in [0.1, 0.15) is 19.8 Å². The van der Waals surface area contributed by atoms with E-state index in [1.807, 2.05) is 0 Å². The van der Waals surface area contributed by atoms with Gasteiger partial charge in [0.1, 0.15) is 0 Å². The maximum absolute atomic E-state index is 11.7. The lowest BCUT2D eigenvalue weighted by Gasteiger charge is -2.21. The molecule has 0 fully saturated rings. The first-order valence-electron chi connectivity index (χ1n) is 5.72. The van der Waals surface area contributed by atoms with Crippen LogP contribution in [-0.2, 0) is 23.9 Å². The van der Waals surface area contributed by atoms with Gasteiger partial charge in [-0.25, -0.2) is 4.79 Å². The molecule has 0 saturated carbocycles. The molecule has 0 aromatic rings. The fraction of sp³-hybridized carbons (Fsp3) is 0.727. The highest BCUT2D eigenvalue weighted by molar-refractivity contribution is 5.88. The molecule has 4 N–H and O–H groups in total. The molecule has 0 aliphatic carbocycles. The van der Waals surface area contributed by atoms with Gasteiger partial charge in [-0.1, -0.05) is 0 Å². The molecule has 19 heavy (non-hydrogen) atoms. The van der Waals surface area contributed by atoms with E-state index in [4.69, 9.17) is 5.73 Å². The quantitative estimate of drug-likeness (QED) is 0.473. The predicted molar refractivity (Wildman–Crippen MR) is 64.9 cm³/mol. The van der Waals surface area contributed by atoms with Gasteiger partial charge in [0.05, 0.1) is 26.4 Å². The van der Waals surface area contributed by atoms with Crippen molar-refractivity contribution in [1.82, 2.24) is 5.32 Å². The maximum Gasteiger partial charge on any atom is 0.331 e. The molecular weight excluding hydrogens is 256 g/mol. The number of aliphatic hydroxyl groups is 1. The zero-order valence-electron chi connectivity index (χ0n) is 11.2. The van der Waals surface area contributed by atoms with Crippen molar-refractivity contribution >= 4 is 17.8 Å². The Morgan fingerprint density at radius 1 is 1.26 bits per heavy atom. The average molecular weight is 276 g/mol. The predicted octanol–water partition coefficient (Wildman–Crippen LogP) is -1.69. The van der Waals surface area contributed by atoms with Crippen LogP contribution in [0.25, 0.3) is 0 Å². The zero-order valence-corrected chi connectivity index (χ0v) is 11.2. The Morgan fingerprint density at radius 2 is 1.84 bits per heavy atom. The van der Waals surface area contributed by atoms with E-state index >= 15 is 0 Å². The van der Waals surface area contributed by atoms with Crippen molar-refractivity contribution in [3.63, 3.8) is 0 Å². The molecule has 0 aromatic carbocycles. The Bertz CT molecular complexity index is 331. The van der Waals surface area contributed by atoms with E-state index in [0.717, 1.165) is 7.11 Å². The van der Waals surface area contributed by atoms with Gasteiger partial charge in [0, 0.05) is 6.42 Å². The third-order valence-electron chi connectivity index (χ3n) is 2.46. The lowest BCUT2D eigenvalue weighted by molar-refractivity contribution is -0.148. The molecule has 3 unspecified atom stereocenters. The molecule has 110 valence electrons. The van der Waals surface area contributed by atoms with Crippen LogP contribution in [0.15, 0.2) is 0 Å². The first-order chi connectivity index (χ1) is 8.83. The largest absolute Gasteiger partial charge is 0.469 e. The van der Waals surface area contributed by atoms with E-state index in [1.165, 1.54) is 14.0 Å². The highest BCUT2D eigenvalue weighted by atomic mass is 16.5. The highest BCUT2D eigenvalue weighted by Crippen LogP contribution is 2.00. The third kappa shape index (κ3) is 6.16. The molecule has 8 heteroatoms. The molecule has 0 bridgehead atoms. The van der Waals surface area contributed by atoms with Crippen molar-refractivity contribution in [1.29, 1.82) is 0 Å². The van der Waals surface area contributed by atoms with Crippen molar-refractivity contribution in [3.05, 3.63) is 0 Å². The molecule has 1 amide bonds. The van der Waals surface area contributed by atoms with Crippen LogP contribution < -0.4 is 11.1 Å². The number of carbonyl (C=O) groups is 3. The second kappa shape index (κ2) is 8.44. The Morgan fingerprint density at radius 3 is 2.26 bits per heavy atom. The minimum Gasteiger partial charge on any atom is -0.469 e. The summed E-state index contributed by atoms with van der Waals surface area (Å²) in [6.45, 7) is 1.34. The van der Waals surface area contributed by atoms with E-state index in [-0.39, 0.29) is 12.8 Å². The smallest absolute Gasteiger partial charge is 0.331 e. The number of carbonyl (C=O) groups excluding carboxylic acids is 3. The number of rotatable bonds is 7. The molecule has 0 aromatic heterocycles. The van der Waals surface area contributed by atoms with Gasteiger partial charge >= 0.3 is 11.9 Å².